The van der Waals surface area contributed by atoms with Crippen LogP contribution in [0, 0.1) is 0 Å². The monoisotopic (exact) mass is 388 g/mol. The number of benzene rings is 1. The minimum absolute atomic E-state index is 0.717. The molecule has 1 fully saturated rings. The van der Waals surface area contributed by atoms with E-state index in [4.69, 9.17) is 0 Å². The van der Waals surface area contributed by atoms with E-state index in [0.717, 1.165) is 37.6 Å². The van der Waals surface area contributed by atoms with Crippen molar-refractivity contribution in [2.75, 3.05) is 41.8 Å². The molecule has 1 aromatic carbocycles. The van der Waals surface area contributed by atoms with E-state index in [-0.39, 0.29) is 0 Å². The van der Waals surface area contributed by atoms with E-state index in [2.05, 4.69) is 54.3 Å². The lowest BCUT2D eigenvalue weighted by molar-refractivity contribution is 0.578. The molecule has 6 nitrogen and oxygen atoms in total. The van der Waals surface area contributed by atoms with Crippen molar-refractivity contribution < 1.29 is 0 Å². The molecule has 29 heavy (non-hydrogen) atoms. The van der Waals surface area contributed by atoms with Gasteiger partial charge in [0.2, 0.25) is 5.95 Å². The fourth-order valence-electron chi connectivity index (χ4n) is 3.60. The van der Waals surface area contributed by atoms with Gasteiger partial charge in [-0.1, -0.05) is 0 Å². The highest BCUT2D eigenvalue weighted by atomic mass is 15.2. The van der Waals surface area contributed by atoms with Crippen LogP contribution in [0.3, 0.4) is 0 Å². The molecule has 1 aliphatic heterocycles. The predicted molar refractivity (Wildman–Crippen MR) is 119 cm³/mol. The van der Waals surface area contributed by atoms with Crippen LogP contribution >= 0.6 is 0 Å². The van der Waals surface area contributed by atoms with Gasteiger partial charge in [0, 0.05) is 56.6 Å². The van der Waals surface area contributed by atoms with Gasteiger partial charge in [-0.15, -0.1) is 0 Å². The molecule has 4 rings (SSSR count). The van der Waals surface area contributed by atoms with Gasteiger partial charge in [0.05, 0.1) is 0 Å². The summed E-state index contributed by atoms with van der Waals surface area (Å²) in [6.07, 6.45) is 10.3. The number of nitrogens with zero attached hydrogens (tertiary/aromatic N) is 5. The van der Waals surface area contributed by atoms with E-state index in [9.17, 15) is 0 Å². The Balaban J connectivity index is 1.36. The Hall–Kier alpha value is -3.15. The van der Waals surface area contributed by atoms with Crippen molar-refractivity contribution in [2.45, 2.75) is 25.7 Å². The summed E-state index contributed by atoms with van der Waals surface area (Å²) in [7, 11) is 2.02. The lowest BCUT2D eigenvalue weighted by Gasteiger charge is -2.28. The van der Waals surface area contributed by atoms with Gasteiger partial charge in [-0.2, -0.15) is 4.98 Å². The molecule has 0 bridgehead atoms. The summed E-state index contributed by atoms with van der Waals surface area (Å²) in [5.41, 5.74) is 3.60. The number of likely N-dealkylation sites (N-methyl/N-ethyl adjacent to an activating group) is 1. The zero-order valence-electron chi connectivity index (χ0n) is 17.0. The largest absolute Gasteiger partial charge is 0.372 e. The van der Waals surface area contributed by atoms with E-state index < -0.39 is 0 Å². The molecule has 0 aliphatic carbocycles. The molecular formula is C23H28N6. The lowest BCUT2D eigenvalue weighted by Crippen LogP contribution is -2.29. The van der Waals surface area contributed by atoms with Gasteiger partial charge in [0.1, 0.15) is 5.82 Å². The average Bonchev–Trinajstić information content (AvgIpc) is 2.79. The Morgan fingerprint density at radius 2 is 1.69 bits per heavy atom. The Morgan fingerprint density at radius 3 is 2.45 bits per heavy atom. The number of rotatable bonds is 7. The number of pyridine rings is 1. The Labute approximate surface area is 172 Å². The first-order chi connectivity index (χ1) is 14.3. The van der Waals surface area contributed by atoms with E-state index in [1.54, 1.807) is 6.20 Å². The molecule has 3 aromatic rings. The predicted octanol–water partition coefficient (Wildman–Crippen LogP) is 4.28. The first-order valence-electron chi connectivity index (χ1n) is 10.3. The van der Waals surface area contributed by atoms with Crippen molar-refractivity contribution in [1.82, 2.24) is 15.0 Å². The molecule has 150 valence electrons. The summed E-state index contributed by atoms with van der Waals surface area (Å²) in [6.45, 7) is 3.17. The van der Waals surface area contributed by atoms with Gasteiger partial charge in [-0.05, 0) is 73.7 Å². The molecule has 0 radical (unpaired) electrons. The third kappa shape index (κ3) is 5.22. The first-order valence-corrected chi connectivity index (χ1v) is 10.3. The molecule has 6 heteroatoms. The van der Waals surface area contributed by atoms with Crippen molar-refractivity contribution in [3.05, 3.63) is 66.6 Å². The second-order valence-electron chi connectivity index (χ2n) is 7.49. The standard InChI is InChI=1S/C23H28N6/c1-28(18-12-19-9-13-24-14-10-19)23-25-15-11-22(27-23)26-20-5-7-21(8-6-20)29-16-3-2-4-17-29/h5-11,13-15H,2-4,12,16-18H2,1H3,(H,25,26,27). The highest BCUT2D eigenvalue weighted by molar-refractivity contribution is 5.61. The minimum atomic E-state index is 0.717. The number of aromatic nitrogens is 3. The van der Waals surface area contributed by atoms with Gasteiger partial charge in [-0.25, -0.2) is 4.98 Å². The zero-order chi connectivity index (χ0) is 19.9. The maximum absolute atomic E-state index is 4.67. The molecule has 0 saturated carbocycles. The highest BCUT2D eigenvalue weighted by Gasteiger charge is 2.11. The molecule has 0 unspecified atom stereocenters. The molecule has 0 atom stereocenters. The van der Waals surface area contributed by atoms with Crippen molar-refractivity contribution in [1.29, 1.82) is 0 Å². The van der Waals surface area contributed by atoms with Crippen LogP contribution in [0.4, 0.5) is 23.1 Å². The van der Waals surface area contributed by atoms with E-state index in [0.29, 0.717) is 5.95 Å². The fourth-order valence-corrected chi connectivity index (χ4v) is 3.60. The van der Waals surface area contributed by atoms with Gasteiger partial charge in [0.15, 0.2) is 0 Å². The third-order valence-corrected chi connectivity index (χ3v) is 5.33. The lowest BCUT2D eigenvalue weighted by atomic mass is 10.1. The number of hydrogen-bond acceptors (Lipinski definition) is 6. The molecule has 0 spiro atoms. The maximum atomic E-state index is 4.67. The summed E-state index contributed by atoms with van der Waals surface area (Å²) in [5, 5.41) is 3.40. The summed E-state index contributed by atoms with van der Waals surface area (Å²) in [6, 6.07) is 14.6. The fraction of sp³-hybridized carbons (Fsp3) is 0.348. The summed E-state index contributed by atoms with van der Waals surface area (Å²) in [4.78, 5) is 17.7. The van der Waals surface area contributed by atoms with Crippen LogP contribution in [-0.4, -0.2) is 41.6 Å². The second-order valence-corrected chi connectivity index (χ2v) is 7.49. The highest BCUT2D eigenvalue weighted by Crippen LogP contribution is 2.23. The molecule has 0 amide bonds. The van der Waals surface area contributed by atoms with Crippen LogP contribution in [0.5, 0.6) is 0 Å². The molecule has 2 aromatic heterocycles. The normalized spacial score (nSPS) is 13.9. The quantitative estimate of drug-likeness (QED) is 0.652. The molecular weight excluding hydrogens is 360 g/mol. The average molecular weight is 389 g/mol. The van der Waals surface area contributed by atoms with Crippen LogP contribution < -0.4 is 15.1 Å². The Morgan fingerprint density at radius 1 is 0.931 bits per heavy atom. The number of piperidine rings is 1. The van der Waals surface area contributed by atoms with E-state index >= 15 is 0 Å². The van der Waals surface area contributed by atoms with Gasteiger partial charge in [0.25, 0.3) is 0 Å². The van der Waals surface area contributed by atoms with Crippen LogP contribution in [0.1, 0.15) is 24.8 Å². The first kappa shape index (κ1) is 19.2. The molecule has 1 saturated heterocycles. The maximum Gasteiger partial charge on any atom is 0.227 e. The summed E-state index contributed by atoms with van der Waals surface area (Å²) in [5.74, 6) is 1.52. The number of hydrogen-bond donors (Lipinski definition) is 1. The summed E-state index contributed by atoms with van der Waals surface area (Å²) >= 11 is 0. The smallest absolute Gasteiger partial charge is 0.227 e. The Kier molecular flexibility index (Phi) is 6.19. The van der Waals surface area contributed by atoms with Crippen molar-refractivity contribution in [3.8, 4) is 0 Å². The SMILES string of the molecule is CN(CCc1ccncc1)c1nccc(Nc2ccc(N3CCCCC3)cc2)n1. The van der Waals surface area contributed by atoms with Crippen LogP contribution in [0.2, 0.25) is 0 Å². The molecule has 1 N–H and O–H groups in total. The summed E-state index contributed by atoms with van der Waals surface area (Å²) < 4.78 is 0. The van der Waals surface area contributed by atoms with E-state index in [1.807, 2.05) is 37.6 Å². The Bertz CT molecular complexity index is 891. The van der Waals surface area contributed by atoms with Crippen molar-refractivity contribution in [3.63, 3.8) is 0 Å². The van der Waals surface area contributed by atoms with Gasteiger partial charge in [-0.3, -0.25) is 4.98 Å². The van der Waals surface area contributed by atoms with Crippen LogP contribution in [0.25, 0.3) is 0 Å². The van der Waals surface area contributed by atoms with Crippen LogP contribution in [0.15, 0.2) is 61.1 Å². The van der Waals surface area contributed by atoms with Crippen LogP contribution in [-0.2, 0) is 6.42 Å². The van der Waals surface area contributed by atoms with Crippen molar-refractivity contribution in [2.24, 2.45) is 0 Å². The number of anilines is 4. The topological polar surface area (TPSA) is 57.2 Å². The molecule has 3 heterocycles. The zero-order valence-corrected chi connectivity index (χ0v) is 17.0. The number of nitrogens with one attached hydrogen (secondary N) is 1. The van der Waals surface area contributed by atoms with E-state index in [1.165, 1.54) is 30.5 Å². The van der Waals surface area contributed by atoms with Gasteiger partial charge < -0.3 is 15.1 Å². The van der Waals surface area contributed by atoms with Gasteiger partial charge >= 0.3 is 0 Å². The molecule has 1 aliphatic rings. The second kappa shape index (κ2) is 9.37. The van der Waals surface area contributed by atoms with Crippen molar-refractivity contribution >= 4 is 23.1 Å². The minimum Gasteiger partial charge on any atom is -0.372 e. The third-order valence-electron chi connectivity index (χ3n) is 5.33.